The molecule has 0 amide bonds. The highest BCUT2D eigenvalue weighted by molar-refractivity contribution is 5.79. The van der Waals surface area contributed by atoms with Gasteiger partial charge in [0.25, 0.3) is 0 Å². The fourth-order valence-corrected chi connectivity index (χ4v) is 1.33. The number of carboxylic acids is 1. The summed E-state index contributed by atoms with van der Waals surface area (Å²) in [6.07, 6.45) is 5.29. The van der Waals surface area contributed by atoms with E-state index in [9.17, 15) is 4.79 Å². The molecule has 68 valence electrons. The summed E-state index contributed by atoms with van der Waals surface area (Å²) in [4.78, 5) is 10.1. The Bertz CT molecular complexity index is 189. The fraction of sp³-hybridized carbons (Fsp3) is 0.667. The lowest BCUT2D eigenvalue weighted by molar-refractivity contribution is -0.131. The van der Waals surface area contributed by atoms with Crippen LogP contribution in [0.1, 0.15) is 19.8 Å². The Kier molecular flexibility index (Phi) is 3.29. The number of aliphatic carboxylic acids is 1. The van der Waals surface area contributed by atoms with Gasteiger partial charge in [0.15, 0.2) is 0 Å². The van der Waals surface area contributed by atoms with E-state index in [1.165, 1.54) is 18.9 Å². The summed E-state index contributed by atoms with van der Waals surface area (Å²) in [7, 11) is 0. The number of nitrogens with one attached hydrogen (secondary N) is 1. The van der Waals surface area contributed by atoms with Crippen molar-refractivity contribution < 1.29 is 9.90 Å². The molecule has 1 saturated carbocycles. The molecule has 0 bridgehead atoms. The fourth-order valence-electron chi connectivity index (χ4n) is 1.33. The Morgan fingerprint density at radius 2 is 2.50 bits per heavy atom. The van der Waals surface area contributed by atoms with Crippen LogP contribution in [-0.4, -0.2) is 23.7 Å². The summed E-state index contributed by atoms with van der Waals surface area (Å²) >= 11 is 0. The molecule has 2 atom stereocenters. The van der Waals surface area contributed by atoms with Gasteiger partial charge in [0, 0.05) is 18.7 Å². The molecule has 0 heterocycles. The van der Waals surface area contributed by atoms with Crippen molar-refractivity contribution in [1.82, 2.24) is 5.32 Å². The van der Waals surface area contributed by atoms with Crippen molar-refractivity contribution in [3.8, 4) is 0 Å². The lowest BCUT2D eigenvalue weighted by Gasteiger charge is -1.96. The quantitative estimate of drug-likeness (QED) is 0.604. The zero-order valence-corrected chi connectivity index (χ0v) is 7.29. The Hall–Kier alpha value is -0.830. The predicted octanol–water partition coefficient (Wildman–Crippen LogP) is 1.02. The summed E-state index contributed by atoms with van der Waals surface area (Å²) in [5.74, 6) is -0.0529. The van der Waals surface area contributed by atoms with E-state index in [2.05, 4.69) is 12.2 Å². The molecule has 2 unspecified atom stereocenters. The molecule has 3 nitrogen and oxygen atoms in total. The first-order chi connectivity index (χ1) is 5.74. The van der Waals surface area contributed by atoms with Crippen molar-refractivity contribution in [3.63, 3.8) is 0 Å². The Labute approximate surface area is 72.5 Å². The number of hydrogen-bond donors (Lipinski definition) is 2. The van der Waals surface area contributed by atoms with Crippen molar-refractivity contribution in [3.05, 3.63) is 12.2 Å². The van der Waals surface area contributed by atoms with Gasteiger partial charge in [-0.25, -0.2) is 4.79 Å². The normalized spacial score (nSPS) is 27.8. The molecule has 0 aromatic rings. The molecule has 0 radical (unpaired) electrons. The molecule has 1 fully saturated rings. The number of hydrogen-bond acceptors (Lipinski definition) is 2. The van der Waals surface area contributed by atoms with Crippen LogP contribution in [0.2, 0.25) is 0 Å². The van der Waals surface area contributed by atoms with Crippen molar-refractivity contribution >= 4 is 5.97 Å². The SMILES string of the molecule is CCC1CC1NC/C=C/C(=O)O. The first kappa shape index (κ1) is 9.26. The van der Waals surface area contributed by atoms with Gasteiger partial charge in [-0.2, -0.15) is 0 Å². The van der Waals surface area contributed by atoms with E-state index in [1.54, 1.807) is 6.08 Å². The maximum atomic E-state index is 10.1. The maximum Gasteiger partial charge on any atom is 0.328 e. The van der Waals surface area contributed by atoms with E-state index in [0.717, 1.165) is 5.92 Å². The summed E-state index contributed by atoms with van der Waals surface area (Å²) in [6.45, 7) is 2.85. The lowest BCUT2D eigenvalue weighted by atomic mass is 10.3. The van der Waals surface area contributed by atoms with Crippen LogP contribution in [0.3, 0.4) is 0 Å². The summed E-state index contributed by atoms with van der Waals surface area (Å²) in [6, 6.07) is 0.633. The molecular weight excluding hydrogens is 154 g/mol. The third-order valence-electron chi connectivity index (χ3n) is 2.21. The van der Waals surface area contributed by atoms with Gasteiger partial charge in [-0.05, 0) is 12.3 Å². The molecule has 0 aromatic heterocycles. The minimum Gasteiger partial charge on any atom is -0.478 e. The standard InChI is InChI=1S/C9H15NO2/c1-2-7-6-8(7)10-5-3-4-9(11)12/h3-4,7-8,10H,2,5-6H2,1H3,(H,11,12)/b4-3+. The van der Waals surface area contributed by atoms with E-state index in [4.69, 9.17) is 5.11 Å². The number of rotatable bonds is 5. The molecular formula is C9H15NO2. The van der Waals surface area contributed by atoms with Crippen LogP contribution in [0.5, 0.6) is 0 Å². The lowest BCUT2D eigenvalue weighted by Crippen LogP contribution is -2.18. The Morgan fingerprint density at radius 3 is 3.00 bits per heavy atom. The molecule has 0 spiro atoms. The monoisotopic (exact) mass is 169 g/mol. The minimum atomic E-state index is -0.875. The smallest absolute Gasteiger partial charge is 0.328 e. The van der Waals surface area contributed by atoms with E-state index < -0.39 is 5.97 Å². The predicted molar refractivity (Wildman–Crippen MR) is 47.0 cm³/mol. The van der Waals surface area contributed by atoms with Gasteiger partial charge in [-0.3, -0.25) is 0 Å². The van der Waals surface area contributed by atoms with E-state index >= 15 is 0 Å². The Morgan fingerprint density at radius 1 is 1.75 bits per heavy atom. The molecule has 0 aromatic carbocycles. The van der Waals surface area contributed by atoms with E-state index in [0.29, 0.717) is 12.6 Å². The molecule has 1 aliphatic carbocycles. The van der Waals surface area contributed by atoms with E-state index in [-0.39, 0.29) is 0 Å². The summed E-state index contributed by atoms with van der Waals surface area (Å²) in [5, 5.41) is 11.5. The number of carbonyl (C=O) groups is 1. The zero-order valence-electron chi connectivity index (χ0n) is 7.29. The third kappa shape index (κ3) is 3.05. The molecule has 1 aliphatic rings. The van der Waals surface area contributed by atoms with Crippen LogP contribution in [0.15, 0.2) is 12.2 Å². The number of carboxylic acid groups (broad SMARTS) is 1. The van der Waals surface area contributed by atoms with E-state index in [1.807, 2.05) is 0 Å². The molecule has 3 heteroatoms. The van der Waals surface area contributed by atoms with Crippen LogP contribution < -0.4 is 5.32 Å². The zero-order chi connectivity index (χ0) is 8.97. The highest BCUT2D eigenvalue weighted by Crippen LogP contribution is 2.32. The van der Waals surface area contributed by atoms with Gasteiger partial charge in [0.05, 0.1) is 0 Å². The molecule has 2 N–H and O–H groups in total. The van der Waals surface area contributed by atoms with Gasteiger partial charge < -0.3 is 10.4 Å². The van der Waals surface area contributed by atoms with Crippen molar-refractivity contribution in [1.29, 1.82) is 0 Å². The van der Waals surface area contributed by atoms with Crippen molar-refractivity contribution in [2.75, 3.05) is 6.54 Å². The van der Waals surface area contributed by atoms with Gasteiger partial charge in [0.1, 0.15) is 0 Å². The Balaban J connectivity index is 2.01. The van der Waals surface area contributed by atoms with Crippen LogP contribution >= 0.6 is 0 Å². The maximum absolute atomic E-state index is 10.1. The van der Waals surface area contributed by atoms with Gasteiger partial charge in [-0.1, -0.05) is 19.4 Å². The highest BCUT2D eigenvalue weighted by Gasteiger charge is 2.33. The van der Waals surface area contributed by atoms with Crippen molar-refractivity contribution in [2.45, 2.75) is 25.8 Å². The highest BCUT2D eigenvalue weighted by atomic mass is 16.4. The van der Waals surface area contributed by atoms with Gasteiger partial charge in [0.2, 0.25) is 0 Å². The van der Waals surface area contributed by atoms with Crippen molar-refractivity contribution in [2.24, 2.45) is 5.92 Å². The first-order valence-electron chi connectivity index (χ1n) is 4.37. The molecule has 0 saturated heterocycles. The topological polar surface area (TPSA) is 49.3 Å². The molecule has 12 heavy (non-hydrogen) atoms. The summed E-state index contributed by atoms with van der Waals surface area (Å²) < 4.78 is 0. The van der Waals surface area contributed by atoms with Gasteiger partial charge >= 0.3 is 5.97 Å². The largest absolute Gasteiger partial charge is 0.478 e. The first-order valence-corrected chi connectivity index (χ1v) is 4.37. The average molecular weight is 169 g/mol. The molecule has 1 rings (SSSR count). The van der Waals surface area contributed by atoms with Crippen LogP contribution in [0.25, 0.3) is 0 Å². The van der Waals surface area contributed by atoms with Gasteiger partial charge in [-0.15, -0.1) is 0 Å². The average Bonchev–Trinajstić information content (AvgIpc) is 2.76. The van der Waals surface area contributed by atoms with Crippen LogP contribution in [0, 0.1) is 5.92 Å². The minimum absolute atomic E-state index is 0.633. The third-order valence-corrected chi connectivity index (χ3v) is 2.21. The second kappa shape index (κ2) is 4.26. The second-order valence-electron chi connectivity index (χ2n) is 3.16. The van der Waals surface area contributed by atoms with Crippen LogP contribution in [-0.2, 0) is 4.79 Å². The molecule has 0 aliphatic heterocycles. The second-order valence-corrected chi connectivity index (χ2v) is 3.16. The summed E-state index contributed by atoms with van der Waals surface area (Å²) in [5.41, 5.74) is 0. The van der Waals surface area contributed by atoms with Crippen LogP contribution in [0.4, 0.5) is 0 Å².